The van der Waals surface area contributed by atoms with Crippen LogP contribution in [0.5, 0.6) is 0 Å². The molecule has 1 aromatic rings. The van der Waals surface area contributed by atoms with Crippen molar-refractivity contribution in [3.8, 4) is 0 Å². The number of carbonyl (C=O) groups excluding carboxylic acids is 2. The van der Waals surface area contributed by atoms with E-state index in [1.54, 1.807) is 31.2 Å². The first-order valence-electron chi connectivity index (χ1n) is 6.44. The second kappa shape index (κ2) is 8.24. The van der Waals surface area contributed by atoms with Crippen LogP contribution in [-0.2, 0) is 9.53 Å². The number of benzene rings is 1. The van der Waals surface area contributed by atoms with Crippen molar-refractivity contribution >= 4 is 39.7 Å². The fourth-order valence-electron chi connectivity index (χ4n) is 1.69. The third kappa shape index (κ3) is 4.35. The normalized spacial score (nSPS) is 13.1. The van der Waals surface area contributed by atoms with E-state index in [1.165, 1.54) is 30.4 Å². The van der Waals surface area contributed by atoms with E-state index in [-0.39, 0.29) is 12.4 Å². The van der Waals surface area contributed by atoms with Crippen LogP contribution in [0.1, 0.15) is 24.2 Å². The van der Waals surface area contributed by atoms with Crippen LogP contribution in [0, 0.1) is 0 Å². The Balaban J connectivity index is 3.28. The number of esters is 1. The maximum Gasteiger partial charge on any atom is 0.341 e. The zero-order valence-electron chi connectivity index (χ0n) is 12.6. The highest BCUT2D eigenvalue weighted by molar-refractivity contribution is 8.38. The summed E-state index contributed by atoms with van der Waals surface area (Å²) in [5.41, 5.74) is -1.11. The van der Waals surface area contributed by atoms with Crippen LogP contribution in [0.25, 0.3) is 0 Å². The molecule has 0 fully saturated rings. The minimum atomic E-state index is -1.56. The van der Waals surface area contributed by atoms with Crippen molar-refractivity contribution in [3.63, 3.8) is 0 Å². The van der Waals surface area contributed by atoms with Crippen LogP contribution < -0.4 is 0 Å². The topological polar surface area (TPSA) is 55.7 Å². The van der Waals surface area contributed by atoms with Crippen molar-refractivity contribution in [2.24, 2.45) is 4.99 Å². The number of aliphatic imine (C=N–C) groups is 1. The summed E-state index contributed by atoms with van der Waals surface area (Å²) in [6, 6.07) is 8.68. The number of thioether (sulfide) groups is 2. The SMILES string of the molecule is CCOC(=O)C(C)(N=C(SC)SC)C(=O)c1ccccc1. The average molecular weight is 325 g/mol. The second-order valence-electron chi connectivity index (χ2n) is 4.27. The number of Topliss-reactive ketones (excluding diaryl/α,β-unsaturated/α-hetero) is 1. The molecule has 0 N–H and O–H groups in total. The van der Waals surface area contributed by atoms with Gasteiger partial charge in [-0.25, -0.2) is 9.79 Å². The molecule has 0 aliphatic rings. The lowest BCUT2D eigenvalue weighted by Gasteiger charge is -2.22. The Kier molecular flexibility index (Phi) is 6.98. The summed E-state index contributed by atoms with van der Waals surface area (Å²) in [5, 5.41) is 0. The minimum absolute atomic E-state index is 0.208. The predicted molar refractivity (Wildman–Crippen MR) is 90.3 cm³/mol. The van der Waals surface area contributed by atoms with Crippen molar-refractivity contribution in [1.82, 2.24) is 0 Å². The number of carbonyl (C=O) groups is 2. The first kappa shape index (κ1) is 17.8. The van der Waals surface area contributed by atoms with Gasteiger partial charge in [0.1, 0.15) is 4.38 Å². The molecule has 4 nitrogen and oxygen atoms in total. The van der Waals surface area contributed by atoms with E-state index in [1.807, 2.05) is 18.6 Å². The van der Waals surface area contributed by atoms with Crippen LogP contribution in [-0.4, -0.2) is 40.8 Å². The number of ether oxygens (including phenoxy) is 1. The summed E-state index contributed by atoms with van der Waals surface area (Å²) in [6.07, 6.45) is 3.71. The van der Waals surface area contributed by atoms with Gasteiger partial charge in [0.15, 0.2) is 0 Å². The third-order valence-corrected chi connectivity index (χ3v) is 4.70. The van der Waals surface area contributed by atoms with Crippen LogP contribution >= 0.6 is 23.5 Å². The number of hydrogen-bond acceptors (Lipinski definition) is 6. The lowest BCUT2D eigenvalue weighted by Crippen LogP contribution is -2.44. The van der Waals surface area contributed by atoms with Gasteiger partial charge in [0, 0.05) is 5.56 Å². The Morgan fingerprint density at radius 3 is 2.24 bits per heavy atom. The molecule has 0 heterocycles. The van der Waals surface area contributed by atoms with Gasteiger partial charge in [0.25, 0.3) is 0 Å². The Bertz CT molecular complexity index is 525. The maximum absolute atomic E-state index is 12.7. The summed E-state index contributed by atoms with van der Waals surface area (Å²) in [4.78, 5) is 29.4. The monoisotopic (exact) mass is 325 g/mol. The highest BCUT2D eigenvalue weighted by Gasteiger charge is 2.43. The summed E-state index contributed by atoms with van der Waals surface area (Å²) >= 11 is 2.80. The van der Waals surface area contributed by atoms with E-state index in [0.717, 1.165) is 0 Å². The average Bonchev–Trinajstić information content (AvgIpc) is 2.52. The number of rotatable bonds is 5. The van der Waals surface area contributed by atoms with Crippen LogP contribution in [0.3, 0.4) is 0 Å². The Morgan fingerprint density at radius 2 is 1.76 bits per heavy atom. The molecule has 21 heavy (non-hydrogen) atoms. The number of hydrogen-bond donors (Lipinski definition) is 0. The van der Waals surface area contributed by atoms with Gasteiger partial charge in [-0.1, -0.05) is 30.3 Å². The summed E-state index contributed by atoms with van der Waals surface area (Å²) < 4.78 is 5.72. The largest absolute Gasteiger partial charge is 0.464 e. The molecule has 0 saturated heterocycles. The van der Waals surface area contributed by atoms with Crippen molar-refractivity contribution in [3.05, 3.63) is 35.9 Å². The molecule has 1 atom stereocenters. The van der Waals surface area contributed by atoms with E-state index < -0.39 is 11.5 Å². The Hall–Kier alpha value is -1.27. The van der Waals surface area contributed by atoms with Gasteiger partial charge in [-0.15, -0.1) is 23.5 Å². The predicted octanol–water partition coefficient (Wildman–Crippen LogP) is 3.27. The zero-order valence-corrected chi connectivity index (χ0v) is 14.2. The standard InChI is InChI=1S/C15H19NO3S2/c1-5-19-13(18)15(2,16-14(20-3)21-4)12(17)11-9-7-6-8-10-11/h6-10H,5H2,1-4H3. The van der Waals surface area contributed by atoms with Gasteiger partial charge in [0.05, 0.1) is 6.61 Å². The van der Waals surface area contributed by atoms with E-state index in [9.17, 15) is 9.59 Å². The molecule has 0 saturated carbocycles. The van der Waals surface area contributed by atoms with Crippen molar-refractivity contribution in [2.45, 2.75) is 19.4 Å². The smallest absolute Gasteiger partial charge is 0.341 e. The quantitative estimate of drug-likeness (QED) is 0.273. The van der Waals surface area contributed by atoms with Crippen molar-refractivity contribution < 1.29 is 14.3 Å². The highest BCUT2D eigenvalue weighted by Crippen LogP contribution is 2.24. The van der Waals surface area contributed by atoms with E-state index in [2.05, 4.69) is 4.99 Å². The van der Waals surface area contributed by atoms with Crippen molar-refractivity contribution in [2.75, 3.05) is 19.1 Å². The molecular formula is C15H19NO3S2. The summed E-state index contributed by atoms with van der Waals surface area (Å²) in [5.74, 6) is -0.985. The molecule has 1 aromatic carbocycles. The van der Waals surface area contributed by atoms with E-state index in [4.69, 9.17) is 4.74 Å². The molecule has 114 valence electrons. The van der Waals surface area contributed by atoms with Crippen molar-refractivity contribution in [1.29, 1.82) is 0 Å². The van der Waals surface area contributed by atoms with E-state index >= 15 is 0 Å². The van der Waals surface area contributed by atoms with Gasteiger partial charge in [-0.3, -0.25) is 4.79 Å². The number of ketones is 1. The summed E-state index contributed by atoms with van der Waals surface area (Å²) in [6.45, 7) is 3.42. The van der Waals surface area contributed by atoms with Gasteiger partial charge in [-0.2, -0.15) is 0 Å². The van der Waals surface area contributed by atoms with Gasteiger partial charge in [-0.05, 0) is 26.4 Å². The van der Waals surface area contributed by atoms with Gasteiger partial charge in [0.2, 0.25) is 11.3 Å². The molecular weight excluding hydrogens is 306 g/mol. The Labute approximate surface area is 133 Å². The summed E-state index contributed by atoms with van der Waals surface area (Å²) in [7, 11) is 0. The third-order valence-electron chi connectivity index (χ3n) is 2.82. The maximum atomic E-state index is 12.7. The lowest BCUT2D eigenvalue weighted by molar-refractivity contribution is -0.146. The van der Waals surface area contributed by atoms with Gasteiger partial charge >= 0.3 is 5.97 Å². The fourth-order valence-corrected chi connectivity index (χ4v) is 2.90. The molecule has 6 heteroatoms. The molecule has 0 aromatic heterocycles. The van der Waals surface area contributed by atoms with E-state index in [0.29, 0.717) is 9.94 Å². The van der Waals surface area contributed by atoms with Crippen LogP contribution in [0.15, 0.2) is 35.3 Å². The molecule has 0 aliphatic heterocycles. The molecule has 0 amide bonds. The Morgan fingerprint density at radius 1 is 1.19 bits per heavy atom. The second-order valence-corrected chi connectivity index (χ2v) is 6.12. The first-order chi connectivity index (χ1) is 9.99. The molecule has 0 bridgehead atoms. The first-order valence-corrected chi connectivity index (χ1v) is 8.89. The lowest BCUT2D eigenvalue weighted by atomic mass is 9.92. The fraction of sp³-hybridized carbons (Fsp3) is 0.400. The molecule has 0 aliphatic carbocycles. The number of nitrogens with zero attached hydrogens (tertiary/aromatic N) is 1. The zero-order chi connectivity index (χ0) is 15.9. The van der Waals surface area contributed by atoms with Crippen LogP contribution in [0.2, 0.25) is 0 Å². The van der Waals surface area contributed by atoms with Gasteiger partial charge < -0.3 is 4.74 Å². The minimum Gasteiger partial charge on any atom is -0.464 e. The highest BCUT2D eigenvalue weighted by atomic mass is 32.2. The molecule has 1 unspecified atom stereocenters. The van der Waals surface area contributed by atoms with Crippen LogP contribution in [0.4, 0.5) is 0 Å². The molecule has 1 rings (SSSR count). The molecule has 0 spiro atoms. The molecule has 0 radical (unpaired) electrons.